The summed E-state index contributed by atoms with van der Waals surface area (Å²) in [6.07, 6.45) is 0. The first-order chi connectivity index (χ1) is 15.9. The van der Waals surface area contributed by atoms with Crippen LogP contribution in [0.25, 0.3) is 16.6 Å². The van der Waals surface area contributed by atoms with Crippen molar-refractivity contribution in [1.82, 2.24) is 19.5 Å². The summed E-state index contributed by atoms with van der Waals surface area (Å²) < 4.78 is 7.50. The van der Waals surface area contributed by atoms with E-state index < -0.39 is 16.7 Å². The Labute approximate surface area is 191 Å². The Kier molecular flexibility index (Phi) is 3.68. The number of H-pyrrole nitrogens is 2. The second-order valence-corrected chi connectivity index (χ2v) is 8.49. The zero-order valence-corrected chi connectivity index (χ0v) is 18.1. The van der Waals surface area contributed by atoms with Gasteiger partial charge in [-0.2, -0.15) is 5.26 Å². The van der Waals surface area contributed by atoms with Crippen molar-refractivity contribution in [1.29, 1.82) is 5.26 Å². The van der Waals surface area contributed by atoms with Crippen LogP contribution in [0.2, 0.25) is 0 Å². The molecule has 1 spiro atoms. The summed E-state index contributed by atoms with van der Waals surface area (Å²) in [5.41, 5.74) is 3.46. The first-order valence-corrected chi connectivity index (χ1v) is 10.4. The van der Waals surface area contributed by atoms with Crippen LogP contribution in [0.15, 0.2) is 72.8 Å². The van der Waals surface area contributed by atoms with Crippen molar-refractivity contribution >= 4 is 26.8 Å². The number of rotatable bonds is 0. The summed E-state index contributed by atoms with van der Waals surface area (Å²) in [6, 6.07) is 13.9. The van der Waals surface area contributed by atoms with Gasteiger partial charge in [0.05, 0.1) is 16.6 Å². The second-order valence-electron chi connectivity index (χ2n) is 7.57. The predicted octanol–water partition coefficient (Wildman–Crippen LogP) is 1.26. The standard InChI is InChI=1S/C22H11BrN6O4/c23-9-5-6-14-11(7-9)22(20-26-13-4-2-1-3-10(13)19(31)29(14)20)12(8-24)16(25)33-18-15(22)17(30)27-21(32)28-18/h1-7H,25H2,(H2,27,28,30,32). The summed E-state index contributed by atoms with van der Waals surface area (Å²) in [5.74, 6) is -0.434. The lowest BCUT2D eigenvalue weighted by Gasteiger charge is -2.33. The highest BCUT2D eigenvalue weighted by Crippen LogP contribution is 2.54. The first-order valence-electron chi connectivity index (χ1n) is 9.66. The zero-order valence-electron chi connectivity index (χ0n) is 16.5. The molecule has 2 aromatic carbocycles. The molecule has 0 fully saturated rings. The van der Waals surface area contributed by atoms with Gasteiger partial charge in [0.15, 0.2) is 0 Å². The fraction of sp³-hybridized carbons (Fsp3) is 0.0455. The van der Waals surface area contributed by atoms with Crippen molar-refractivity contribution in [3.63, 3.8) is 0 Å². The molecule has 2 aromatic heterocycles. The van der Waals surface area contributed by atoms with Crippen LogP contribution in [0.4, 0.5) is 0 Å². The van der Waals surface area contributed by atoms with E-state index in [2.05, 4.69) is 32.0 Å². The third-order valence-electron chi connectivity index (χ3n) is 5.94. The molecule has 0 saturated carbocycles. The highest BCUT2D eigenvalue weighted by molar-refractivity contribution is 9.10. The van der Waals surface area contributed by atoms with Crippen LogP contribution in [0.3, 0.4) is 0 Å². The SMILES string of the molecule is N#CC1=C(N)Oc2[nH]c(=O)[nH]c(=O)c2C12c1cc(Br)ccc1-n1c2nc2ccccc2c1=O. The largest absolute Gasteiger partial charge is 0.423 e. The van der Waals surface area contributed by atoms with Gasteiger partial charge in [0.25, 0.3) is 11.1 Å². The minimum atomic E-state index is -1.70. The molecule has 2 aliphatic rings. The first kappa shape index (κ1) is 19.3. The number of para-hydroxylation sites is 1. The number of halogens is 1. The number of benzene rings is 2. The van der Waals surface area contributed by atoms with Crippen molar-refractivity contribution in [3.8, 4) is 17.6 Å². The van der Waals surface area contributed by atoms with Gasteiger partial charge in [-0.15, -0.1) is 0 Å². The minimum Gasteiger partial charge on any atom is -0.423 e. The summed E-state index contributed by atoms with van der Waals surface area (Å²) in [6.45, 7) is 0. The van der Waals surface area contributed by atoms with Gasteiger partial charge in [0.2, 0.25) is 11.8 Å². The molecule has 4 heterocycles. The maximum absolute atomic E-state index is 13.6. The summed E-state index contributed by atoms with van der Waals surface area (Å²) >= 11 is 3.44. The number of fused-ring (bicyclic) bond motifs is 8. The molecular formula is C22H11BrN6O4. The molecule has 0 radical (unpaired) electrons. The van der Waals surface area contributed by atoms with E-state index in [1.807, 2.05) is 0 Å². The van der Waals surface area contributed by atoms with Crippen molar-refractivity contribution < 1.29 is 4.74 Å². The quantitative estimate of drug-likeness (QED) is 0.326. The van der Waals surface area contributed by atoms with Gasteiger partial charge in [-0.1, -0.05) is 28.1 Å². The van der Waals surface area contributed by atoms with Crippen molar-refractivity contribution in [2.45, 2.75) is 5.41 Å². The molecule has 1 atom stereocenters. The van der Waals surface area contributed by atoms with Crippen LogP contribution in [-0.4, -0.2) is 19.5 Å². The molecule has 33 heavy (non-hydrogen) atoms. The van der Waals surface area contributed by atoms with Crippen LogP contribution >= 0.6 is 15.9 Å². The second kappa shape index (κ2) is 6.30. The monoisotopic (exact) mass is 502 g/mol. The average Bonchev–Trinajstić information content (AvgIpc) is 3.03. The molecule has 0 aliphatic carbocycles. The van der Waals surface area contributed by atoms with Gasteiger partial charge in [-0.05, 0) is 30.3 Å². The number of allylic oxidation sites excluding steroid dienone is 1. The van der Waals surface area contributed by atoms with E-state index in [0.717, 1.165) is 0 Å². The molecule has 10 nitrogen and oxygen atoms in total. The topological polar surface area (TPSA) is 160 Å². The van der Waals surface area contributed by atoms with Crippen LogP contribution in [0.5, 0.6) is 5.88 Å². The van der Waals surface area contributed by atoms with Crippen molar-refractivity contribution in [2.24, 2.45) is 5.73 Å². The van der Waals surface area contributed by atoms with E-state index in [0.29, 0.717) is 26.6 Å². The molecule has 6 rings (SSSR count). The lowest BCUT2D eigenvalue weighted by Crippen LogP contribution is -2.45. The Morgan fingerprint density at radius 3 is 2.73 bits per heavy atom. The minimum absolute atomic E-state index is 0.0966. The molecule has 0 amide bonds. The highest BCUT2D eigenvalue weighted by atomic mass is 79.9. The Hall–Kier alpha value is -4.43. The molecule has 1 unspecified atom stereocenters. The summed E-state index contributed by atoms with van der Waals surface area (Å²) in [4.78, 5) is 48.2. The Bertz CT molecular complexity index is 1810. The Morgan fingerprint density at radius 1 is 1.15 bits per heavy atom. The normalized spacial score (nSPS) is 17.9. The number of nitriles is 1. The Balaban J connectivity index is 1.95. The smallest absolute Gasteiger partial charge is 0.328 e. The van der Waals surface area contributed by atoms with Gasteiger partial charge in [0, 0.05) is 10.0 Å². The zero-order chi connectivity index (χ0) is 23.1. The van der Waals surface area contributed by atoms with E-state index in [4.69, 9.17) is 15.5 Å². The van der Waals surface area contributed by atoms with E-state index in [1.165, 1.54) is 4.57 Å². The van der Waals surface area contributed by atoms with Crippen LogP contribution < -0.4 is 27.3 Å². The van der Waals surface area contributed by atoms with Gasteiger partial charge < -0.3 is 10.5 Å². The fourth-order valence-corrected chi connectivity index (χ4v) is 5.08. The molecule has 4 N–H and O–H groups in total. The van der Waals surface area contributed by atoms with Gasteiger partial charge in [-0.3, -0.25) is 24.1 Å². The number of aromatic amines is 2. The lowest BCUT2D eigenvalue weighted by atomic mass is 9.69. The molecule has 0 bridgehead atoms. The number of hydrogen-bond donors (Lipinski definition) is 3. The number of nitrogens with zero attached hydrogens (tertiary/aromatic N) is 3. The maximum Gasteiger partial charge on any atom is 0.328 e. The molecule has 4 aromatic rings. The summed E-state index contributed by atoms with van der Waals surface area (Å²) in [5, 5.41) is 10.5. The van der Waals surface area contributed by atoms with Crippen molar-refractivity contribution in [2.75, 3.05) is 0 Å². The van der Waals surface area contributed by atoms with Crippen LogP contribution in [0, 0.1) is 11.3 Å². The number of nitrogens with two attached hydrogens (primary N) is 1. The fourth-order valence-electron chi connectivity index (χ4n) is 4.72. The van der Waals surface area contributed by atoms with E-state index >= 15 is 0 Å². The number of aromatic nitrogens is 4. The van der Waals surface area contributed by atoms with Crippen LogP contribution in [0.1, 0.15) is 17.0 Å². The number of nitrogens with one attached hydrogen (secondary N) is 2. The van der Waals surface area contributed by atoms with E-state index in [1.54, 1.807) is 42.5 Å². The Morgan fingerprint density at radius 2 is 1.94 bits per heavy atom. The molecule has 11 heteroatoms. The number of hydrogen-bond acceptors (Lipinski definition) is 7. The predicted molar refractivity (Wildman–Crippen MR) is 120 cm³/mol. The van der Waals surface area contributed by atoms with E-state index in [-0.39, 0.29) is 34.3 Å². The molecular weight excluding hydrogens is 492 g/mol. The van der Waals surface area contributed by atoms with Crippen molar-refractivity contribution in [3.05, 3.63) is 107 Å². The third kappa shape index (κ3) is 2.25. The third-order valence-corrected chi connectivity index (χ3v) is 6.44. The molecule has 2 aliphatic heterocycles. The highest BCUT2D eigenvalue weighted by Gasteiger charge is 2.57. The van der Waals surface area contributed by atoms with Crippen LogP contribution in [-0.2, 0) is 5.41 Å². The van der Waals surface area contributed by atoms with Gasteiger partial charge >= 0.3 is 5.69 Å². The lowest BCUT2D eigenvalue weighted by molar-refractivity contribution is 0.358. The number of ether oxygens (including phenoxy) is 1. The molecule has 0 saturated heterocycles. The molecule has 160 valence electrons. The average molecular weight is 503 g/mol. The maximum atomic E-state index is 13.6. The summed E-state index contributed by atoms with van der Waals surface area (Å²) in [7, 11) is 0. The van der Waals surface area contributed by atoms with Gasteiger partial charge in [-0.25, -0.2) is 9.78 Å². The van der Waals surface area contributed by atoms with Gasteiger partial charge in [0.1, 0.15) is 28.4 Å². The van der Waals surface area contributed by atoms with E-state index in [9.17, 15) is 19.6 Å².